The molecule has 1 saturated carbocycles. The lowest BCUT2D eigenvalue weighted by molar-refractivity contribution is 0.187. The lowest BCUT2D eigenvalue weighted by Gasteiger charge is -2.35. The van der Waals surface area contributed by atoms with Crippen molar-refractivity contribution in [3.63, 3.8) is 0 Å². The molecule has 1 heteroatoms. The molecule has 0 heterocycles. The van der Waals surface area contributed by atoms with Crippen LogP contribution < -0.4 is 5.32 Å². The molecule has 0 aromatic carbocycles. The van der Waals surface area contributed by atoms with Gasteiger partial charge in [-0.05, 0) is 51.5 Å². The zero-order valence-corrected chi connectivity index (χ0v) is 10.6. The second-order valence-electron chi connectivity index (χ2n) is 6.29. The highest BCUT2D eigenvalue weighted by Gasteiger charge is 2.26. The van der Waals surface area contributed by atoms with Gasteiger partial charge in [-0.2, -0.15) is 0 Å². The zero-order valence-electron chi connectivity index (χ0n) is 10.6. The fraction of sp³-hybridized carbons (Fsp3) is 1.00. The summed E-state index contributed by atoms with van der Waals surface area (Å²) in [6, 6.07) is 0. The van der Waals surface area contributed by atoms with Crippen LogP contribution in [0.4, 0.5) is 0 Å². The summed E-state index contributed by atoms with van der Waals surface area (Å²) in [7, 11) is 0. The molecule has 0 aromatic rings. The van der Waals surface area contributed by atoms with E-state index in [2.05, 4.69) is 39.9 Å². The number of nitrogens with one attached hydrogen (secondary N) is 1. The van der Waals surface area contributed by atoms with Crippen molar-refractivity contribution in [2.45, 2.75) is 59.4 Å². The second kappa shape index (κ2) is 4.65. The summed E-state index contributed by atoms with van der Waals surface area (Å²) in [6.07, 6.45) is 4.29. The summed E-state index contributed by atoms with van der Waals surface area (Å²) in [5.41, 5.74) is 0.278. The van der Waals surface area contributed by atoms with Gasteiger partial charge in [-0.1, -0.05) is 26.7 Å². The van der Waals surface area contributed by atoms with Crippen molar-refractivity contribution in [3.8, 4) is 0 Å². The van der Waals surface area contributed by atoms with E-state index in [4.69, 9.17) is 0 Å². The van der Waals surface area contributed by atoms with Crippen LogP contribution >= 0.6 is 0 Å². The number of hydrogen-bond acceptors (Lipinski definition) is 1. The summed E-state index contributed by atoms with van der Waals surface area (Å²) in [5, 5.41) is 3.64. The van der Waals surface area contributed by atoms with Gasteiger partial charge in [-0.3, -0.25) is 0 Å². The molecule has 0 bridgehead atoms. The molecule has 1 nitrogen and oxygen atoms in total. The fourth-order valence-electron chi connectivity index (χ4n) is 2.37. The van der Waals surface area contributed by atoms with Gasteiger partial charge in [0.1, 0.15) is 0 Å². The summed E-state index contributed by atoms with van der Waals surface area (Å²) >= 11 is 0. The molecule has 1 aliphatic carbocycles. The van der Waals surface area contributed by atoms with Crippen molar-refractivity contribution in [3.05, 3.63) is 0 Å². The van der Waals surface area contributed by atoms with Crippen LogP contribution in [0.25, 0.3) is 0 Å². The molecule has 1 N–H and O–H groups in total. The molecular weight excluding hydrogens is 170 g/mol. The van der Waals surface area contributed by atoms with Gasteiger partial charge < -0.3 is 5.32 Å². The van der Waals surface area contributed by atoms with Crippen molar-refractivity contribution in [2.75, 3.05) is 6.54 Å². The van der Waals surface area contributed by atoms with Crippen molar-refractivity contribution < 1.29 is 0 Å². The SMILES string of the molecule is CC1CCC(C)C(CNC(C)(C)C)C1. The molecule has 1 aliphatic rings. The average Bonchev–Trinajstić information content (AvgIpc) is 2.05. The quantitative estimate of drug-likeness (QED) is 0.715. The van der Waals surface area contributed by atoms with Crippen LogP contribution in [-0.4, -0.2) is 12.1 Å². The molecule has 0 aliphatic heterocycles. The molecule has 14 heavy (non-hydrogen) atoms. The Kier molecular flexibility index (Phi) is 4.00. The van der Waals surface area contributed by atoms with Gasteiger partial charge in [-0.15, -0.1) is 0 Å². The molecule has 1 fully saturated rings. The average molecular weight is 197 g/mol. The number of rotatable bonds is 2. The van der Waals surface area contributed by atoms with Crippen LogP contribution in [0.3, 0.4) is 0 Å². The van der Waals surface area contributed by atoms with E-state index in [0.29, 0.717) is 0 Å². The van der Waals surface area contributed by atoms with Gasteiger partial charge in [-0.25, -0.2) is 0 Å². The van der Waals surface area contributed by atoms with E-state index < -0.39 is 0 Å². The topological polar surface area (TPSA) is 12.0 Å². The Morgan fingerprint density at radius 1 is 1.14 bits per heavy atom. The molecule has 0 radical (unpaired) electrons. The molecule has 0 amide bonds. The van der Waals surface area contributed by atoms with Gasteiger partial charge >= 0.3 is 0 Å². The maximum atomic E-state index is 3.64. The van der Waals surface area contributed by atoms with Crippen LogP contribution in [0.2, 0.25) is 0 Å². The van der Waals surface area contributed by atoms with Crippen molar-refractivity contribution in [1.29, 1.82) is 0 Å². The second-order valence-corrected chi connectivity index (χ2v) is 6.29. The van der Waals surface area contributed by atoms with Crippen molar-refractivity contribution in [2.24, 2.45) is 17.8 Å². The van der Waals surface area contributed by atoms with Gasteiger partial charge in [0, 0.05) is 5.54 Å². The van der Waals surface area contributed by atoms with E-state index >= 15 is 0 Å². The monoisotopic (exact) mass is 197 g/mol. The van der Waals surface area contributed by atoms with Crippen LogP contribution in [0.1, 0.15) is 53.9 Å². The van der Waals surface area contributed by atoms with Crippen LogP contribution in [0, 0.1) is 17.8 Å². The summed E-state index contributed by atoms with van der Waals surface area (Å²) in [5.74, 6) is 2.76. The smallest absolute Gasteiger partial charge is 0.00966 e. The highest BCUT2D eigenvalue weighted by atomic mass is 14.9. The van der Waals surface area contributed by atoms with E-state index in [1.807, 2.05) is 0 Å². The van der Waals surface area contributed by atoms with Gasteiger partial charge in [0.2, 0.25) is 0 Å². The van der Waals surface area contributed by atoms with E-state index in [0.717, 1.165) is 17.8 Å². The van der Waals surface area contributed by atoms with Crippen LogP contribution in [0.15, 0.2) is 0 Å². The zero-order chi connectivity index (χ0) is 10.8. The van der Waals surface area contributed by atoms with Crippen molar-refractivity contribution >= 4 is 0 Å². The van der Waals surface area contributed by atoms with E-state index in [-0.39, 0.29) is 5.54 Å². The first kappa shape index (κ1) is 12.0. The lowest BCUT2D eigenvalue weighted by Crippen LogP contribution is -2.41. The first-order chi connectivity index (χ1) is 6.38. The minimum absolute atomic E-state index is 0.278. The normalized spacial score (nSPS) is 34.5. The number of hydrogen-bond donors (Lipinski definition) is 1. The fourth-order valence-corrected chi connectivity index (χ4v) is 2.37. The molecule has 1 rings (SSSR count). The minimum Gasteiger partial charge on any atom is -0.312 e. The Hall–Kier alpha value is -0.0400. The maximum Gasteiger partial charge on any atom is 0.00966 e. The van der Waals surface area contributed by atoms with E-state index in [1.165, 1.54) is 25.8 Å². The maximum absolute atomic E-state index is 3.64. The summed E-state index contributed by atoms with van der Waals surface area (Å²) in [4.78, 5) is 0. The van der Waals surface area contributed by atoms with E-state index in [1.54, 1.807) is 0 Å². The first-order valence-electron chi connectivity index (χ1n) is 6.13. The predicted octanol–water partition coefficient (Wildman–Crippen LogP) is 3.45. The lowest BCUT2D eigenvalue weighted by atomic mass is 9.75. The third kappa shape index (κ3) is 4.00. The molecule has 0 aromatic heterocycles. The third-order valence-corrected chi connectivity index (χ3v) is 3.52. The predicted molar refractivity (Wildman–Crippen MR) is 63.4 cm³/mol. The first-order valence-corrected chi connectivity index (χ1v) is 6.13. The highest BCUT2D eigenvalue weighted by Crippen LogP contribution is 2.33. The Balaban J connectivity index is 2.35. The van der Waals surface area contributed by atoms with Gasteiger partial charge in [0.15, 0.2) is 0 Å². The molecule has 0 spiro atoms. The Morgan fingerprint density at radius 3 is 2.36 bits per heavy atom. The minimum atomic E-state index is 0.278. The van der Waals surface area contributed by atoms with Crippen LogP contribution in [0.5, 0.6) is 0 Å². The largest absolute Gasteiger partial charge is 0.312 e. The summed E-state index contributed by atoms with van der Waals surface area (Å²) in [6.45, 7) is 12.8. The van der Waals surface area contributed by atoms with Gasteiger partial charge in [0.25, 0.3) is 0 Å². The molecule has 84 valence electrons. The van der Waals surface area contributed by atoms with Crippen LogP contribution in [-0.2, 0) is 0 Å². The molecule has 3 unspecified atom stereocenters. The Bertz CT molecular complexity index is 169. The molecular formula is C13H27N. The van der Waals surface area contributed by atoms with Crippen molar-refractivity contribution in [1.82, 2.24) is 5.32 Å². The Labute approximate surface area is 89.7 Å². The molecule has 3 atom stereocenters. The molecule has 0 saturated heterocycles. The highest BCUT2D eigenvalue weighted by molar-refractivity contribution is 4.80. The standard InChI is InChI=1S/C13H27N/c1-10-6-7-11(2)12(8-10)9-14-13(3,4)5/h10-12,14H,6-9H2,1-5H3. The van der Waals surface area contributed by atoms with Gasteiger partial charge in [0.05, 0.1) is 0 Å². The van der Waals surface area contributed by atoms with E-state index in [9.17, 15) is 0 Å². The third-order valence-electron chi connectivity index (χ3n) is 3.52. The summed E-state index contributed by atoms with van der Waals surface area (Å²) < 4.78 is 0. The Morgan fingerprint density at radius 2 is 1.79 bits per heavy atom.